The molecule has 5 heteroatoms. The lowest BCUT2D eigenvalue weighted by Crippen LogP contribution is -2.41. The van der Waals surface area contributed by atoms with Crippen molar-refractivity contribution in [1.29, 1.82) is 0 Å². The molecule has 20 heavy (non-hydrogen) atoms. The number of nitrogens with zero attached hydrogens (tertiary/aromatic N) is 1. The van der Waals surface area contributed by atoms with Crippen LogP contribution in [0.5, 0.6) is 5.88 Å². The third-order valence-electron chi connectivity index (χ3n) is 3.65. The van der Waals surface area contributed by atoms with Gasteiger partial charge < -0.3 is 14.0 Å². The van der Waals surface area contributed by atoms with E-state index in [2.05, 4.69) is 4.98 Å². The van der Waals surface area contributed by atoms with E-state index in [9.17, 15) is 0 Å². The second-order valence-electron chi connectivity index (χ2n) is 7.20. The van der Waals surface area contributed by atoms with Crippen LogP contribution in [-0.4, -0.2) is 28.9 Å². The molecule has 0 aliphatic carbocycles. The summed E-state index contributed by atoms with van der Waals surface area (Å²) in [6.45, 7) is 14.1. The molecule has 0 saturated carbocycles. The molecule has 4 nitrogen and oxygen atoms in total. The van der Waals surface area contributed by atoms with Crippen molar-refractivity contribution in [3.63, 3.8) is 0 Å². The van der Waals surface area contributed by atoms with Crippen molar-refractivity contribution < 1.29 is 14.0 Å². The van der Waals surface area contributed by atoms with Crippen molar-refractivity contribution in [3.8, 4) is 5.88 Å². The Morgan fingerprint density at radius 1 is 1.05 bits per heavy atom. The van der Waals surface area contributed by atoms with Gasteiger partial charge in [0, 0.05) is 6.07 Å². The molecule has 0 spiro atoms. The zero-order chi connectivity index (χ0) is 15.2. The van der Waals surface area contributed by atoms with Crippen LogP contribution in [0.4, 0.5) is 0 Å². The van der Waals surface area contributed by atoms with E-state index in [4.69, 9.17) is 14.0 Å². The van der Waals surface area contributed by atoms with E-state index in [0.29, 0.717) is 5.88 Å². The highest BCUT2D eigenvalue weighted by molar-refractivity contribution is 6.61. The third kappa shape index (κ3) is 3.15. The van der Waals surface area contributed by atoms with Crippen LogP contribution in [0.2, 0.25) is 0 Å². The molecule has 0 N–H and O–H groups in total. The van der Waals surface area contributed by atoms with Gasteiger partial charge >= 0.3 is 7.12 Å². The summed E-state index contributed by atoms with van der Waals surface area (Å²) in [7, 11) is -0.455. The average Bonchev–Trinajstić information content (AvgIpc) is 2.46. The van der Waals surface area contributed by atoms with E-state index >= 15 is 0 Å². The quantitative estimate of drug-likeness (QED) is 0.779. The minimum atomic E-state index is -0.455. The molecular weight excluding hydrogens is 253 g/mol. The van der Waals surface area contributed by atoms with Crippen LogP contribution in [0, 0.1) is 0 Å². The lowest BCUT2D eigenvalue weighted by Gasteiger charge is -2.32. The fourth-order valence-electron chi connectivity index (χ4n) is 1.90. The van der Waals surface area contributed by atoms with Crippen molar-refractivity contribution in [2.45, 2.75) is 65.3 Å². The van der Waals surface area contributed by atoms with E-state index in [1.165, 1.54) is 0 Å². The molecule has 0 atom stereocenters. The Balaban J connectivity index is 2.21. The highest BCUT2D eigenvalue weighted by Gasteiger charge is 2.52. The standard InChI is InChI=1S/C15H24BNO3/c1-13(2,3)18-12-10-8-9-11(17-12)16-19-14(4,5)15(6,7)20-16/h8-10H,1-7H3. The minimum Gasteiger partial charge on any atom is -0.472 e. The molecule has 0 aromatic carbocycles. The summed E-state index contributed by atoms with van der Waals surface area (Å²) in [6.07, 6.45) is 0. The van der Waals surface area contributed by atoms with Crippen molar-refractivity contribution in [2.24, 2.45) is 0 Å². The van der Waals surface area contributed by atoms with Gasteiger partial charge in [-0.05, 0) is 54.5 Å². The zero-order valence-corrected chi connectivity index (χ0v) is 13.5. The number of rotatable bonds is 2. The van der Waals surface area contributed by atoms with Gasteiger partial charge in [0.15, 0.2) is 0 Å². The van der Waals surface area contributed by atoms with Gasteiger partial charge in [-0.2, -0.15) is 0 Å². The van der Waals surface area contributed by atoms with Crippen LogP contribution in [0.1, 0.15) is 48.5 Å². The van der Waals surface area contributed by atoms with Gasteiger partial charge in [-0.25, -0.2) is 4.98 Å². The van der Waals surface area contributed by atoms with Gasteiger partial charge in [-0.15, -0.1) is 0 Å². The predicted octanol–water partition coefficient (Wildman–Crippen LogP) is 2.56. The monoisotopic (exact) mass is 277 g/mol. The Morgan fingerprint density at radius 2 is 1.60 bits per heavy atom. The largest absolute Gasteiger partial charge is 0.514 e. The van der Waals surface area contributed by atoms with Gasteiger partial charge in [0.05, 0.1) is 16.8 Å². The van der Waals surface area contributed by atoms with Gasteiger partial charge in [0.25, 0.3) is 0 Å². The highest BCUT2D eigenvalue weighted by Crippen LogP contribution is 2.36. The summed E-state index contributed by atoms with van der Waals surface area (Å²) in [4.78, 5) is 4.50. The van der Waals surface area contributed by atoms with Gasteiger partial charge in [0.2, 0.25) is 5.88 Å². The van der Waals surface area contributed by atoms with Crippen LogP contribution in [0.15, 0.2) is 18.2 Å². The maximum Gasteiger partial charge on any atom is 0.514 e. The van der Waals surface area contributed by atoms with Crippen molar-refractivity contribution in [1.82, 2.24) is 4.98 Å². The van der Waals surface area contributed by atoms with E-state index in [-0.39, 0.29) is 16.8 Å². The molecule has 1 aliphatic rings. The maximum atomic E-state index is 5.99. The normalized spacial score (nSPS) is 21.1. The van der Waals surface area contributed by atoms with Crippen LogP contribution in [-0.2, 0) is 9.31 Å². The molecule has 1 fully saturated rings. The van der Waals surface area contributed by atoms with Gasteiger partial charge in [-0.1, -0.05) is 6.07 Å². The van der Waals surface area contributed by atoms with Crippen LogP contribution in [0.25, 0.3) is 0 Å². The first-order chi connectivity index (χ1) is 9.00. The molecule has 2 rings (SSSR count). The van der Waals surface area contributed by atoms with Crippen LogP contribution in [0.3, 0.4) is 0 Å². The lowest BCUT2D eigenvalue weighted by atomic mass is 9.84. The van der Waals surface area contributed by atoms with E-state index in [1.807, 2.05) is 66.7 Å². The fourth-order valence-corrected chi connectivity index (χ4v) is 1.90. The number of pyridine rings is 1. The van der Waals surface area contributed by atoms with Gasteiger partial charge in [0.1, 0.15) is 5.60 Å². The molecule has 110 valence electrons. The van der Waals surface area contributed by atoms with Gasteiger partial charge in [-0.3, -0.25) is 0 Å². The highest BCUT2D eigenvalue weighted by atomic mass is 16.7. The Bertz CT molecular complexity index is 478. The summed E-state index contributed by atoms with van der Waals surface area (Å²) >= 11 is 0. The molecule has 0 unspecified atom stereocenters. The molecule has 1 aromatic heterocycles. The number of ether oxygens (including phenoxy) is 1. The lowest BCUT2D eigenvalue weighted by molar-refractivity contribution is 0.00578. The maximum absolute atomic E-state index is 5.99. The topological polar surface area (TPSA) is 40.6 Å². The molecule has 1 aromatic rings. The summed E-state index contributed by atoms with van der Waals surface area (Å²) in [6, 6.07) is 5.66. The molecule has 0 bridgehead atoms. The summed E-state index contributed by atoms with van der Waals surface area (Å²) in [5.41, 5.74) is -0.257. The first kappa shape index (κ1) is 15.3. The Kier molecular flexibility index (Phi) is 3.63. The average molecular weight is 277 g/mol. The molecule has 1 saturated heterocycles. The summed E-state index contributed by atoms with van der Waals surface area (Å²) in [5.74, 6) is 0.588. The summed E-state index contributed by atoms with van der Waals surface area (Å²) in [5, 5.41) is 0. The van der Waals surface area contributed by atoms with E-state index < -0.39 is 7.12 Å². The summed E-state index contributed by atoms with van der Waals surface area (Å²) < 4.78 is 17.8. The molecule has 0 radical (unpaired) electrons. The molecule has 2 heterocycles. The van der Waals surface area contributed by atoms with Crippen molar-refractivity contribution in [2.75, 3.05) is 0 Å². The molecular formula is C15H24BNO3. The van der Waals surface area contributed by atoms with E-state index in [0.717, 1.165) is 5.59 Å². The third-order valence-corrected chi connectivity index (χ3v) is 3.65. The smallest absolute Gasteiger partial charge is 0.472 e. The number of aromatic nitrogens is 1. The minimum absolute atomic E-state index is 0.276. The zero-order valence-electron chi connectivity index (χ0n) is 13.5. The Morgan fingerprint density at radius 3 is 2.10 bits per heavy atom. The van der Waals surface area contributed by atoms with Crippen molar-refractivity contribution in [3.05, 3.63) is 18.2 Å². The van der Waals surface area contributed by atoms with E-state index in [1.54, 1.807) is 0 Å². The second kappa shape index (κ2) is 4.74. The number of hydrogen-bond acceptors (Lipinski definition) is 4. The first-order valence-electron chi connectivity index (χ1n) is 7.02. The Hall–Kier alpha value is -1.07. The molecule has 0 amide bonds. The molecule has 1 aliphatic heterocycles. The van der Waals surface area contributed by atoms with Crippen molar-refractivity contribution >= 4 is 12.7 Å². The predicted molar refractivity (Wildman–Crippen MR) is 80.3 cm³/mol. The SMILES string of the molecule is CC(C)(C)Oc1cccc(B2OC(C)(C)C(C)(C)O2)n1. The number of hydrogen-bond donors (Lipinski definition) is 0. The van der Waals surface area contributed by atoms with Crippen LogP contribution < -0.4 is 10.3 Å². The van der Waals surface area contributed by atoms with Crippen LogP contribution >= 0.6 is 0 Å². The fraction of sp³-hybridized carbons (Fsp3) is 0.667. The Labute approximate surface area is 122 Å². The second-order valence-corrected chi connectivity index (χ2v) is 7.20. The first-order valence-corrected chi connectivity index (χ1v) is 7.02.